The summed E-state index contributed by atoms with van der Waals surface area (Å²) in [7, 11) is 1.87. The summed E-state index contributed by atoms with van der Waals surface area (Å²) in [5.74, 6) is -0.309. The van der Waals surface area contributed by atoms with Crippen LogP contribution >= 0.6 is 23.2 Å². The van der Waals surface area contributed by atoms with E-state index in [1.165, 1.54) is 0 Å². The van der Waals surface area contributed by atoms with Crippen LogP contribution in [0.25, 0.3) is 22.2 Å². The number of nitrogens with one attached hydrogen (secondary N) is 1. The number of anilines is 1. The van der Waals surface area contributed by atoms with Gasteiger partial charge < -0.3 is 5.32 Å². The van der Waals surface area contributed by atoms with Gasteiger partial charge in [-0.05, 0) is 31.2 Å². The van der Waals surface area contributed by atoms with Crippen molar-refractivity contribution in [3.05, 3.63) is 76.0 Å². The molecular formula is C21H16Cl2N4O. The standard InChI is InChI=1S/C21H16Cl2N4O/c1-12-15(11-24-27(12)2)19-10-14(13-6-3-4-9-18(13)25-19)21(28)26-20-16(22)7-5-8-17(20)23/h3-11H,1-2H3,(H,26,28). The molecule has 0 atom stereocenters. The van der Waals surface area contributed by atoms with E-state index in [0.29, 0.717) is 27.0 Å². The third kappa shape index (κ3) is 3.23. The first-order valence-corrected chi connectivity index (χ1v) is 9.35. The second kappa shape index (κ2) is 7.26. The zero-order valence-corrected chi connectivity index (χ0v) is 16.7. The van der Waals surface area contributed by atoms with E-state index >= 15 is 0 Å². The summed E-state index contributed by atoms with van der Waals surface area (Å²) >= 11 is 12.4. The third-order valence-corrected chi connectivity index (χ3v) is 5.30. The van der Waals surface area contributed by atoms with Crippen molar-refractivity contribution in [1.29, 1.82) is 0 Å². The molecular weight excluding hydrogens is 395 g/mol. The molecule has 4 aromatic rings. The van der Waals surface area contributed by atoms with Gasteiger partial charge in [0.15, 0.2) is 0 Å². The molecule has 1 N–H and O–H groups in total. The fourth-order valence-electron chi connectivity index (χ4n) is 3.05. The van der Waals surface area contributed by atoms with Crippen LogP contribution in [-0.2, 0) is 7.05 Å². The number of hydrogen-bond donors (Lipinski definition) is 1. The Kier molecular flexibility index (Phi) is 4.79. The normalized spacial score (nSPS) is 11.0. The molecule has 0 saturated heterocycles. The molecule has 4 rings (SSSR count). The van der Waals surface area contributed by atoms with E-state index in [1.54, 1.807) is 35.1 Å². The van der Waals surface area contributed by atoms with E-state index in [1.807, 2.05) is 38.2 Å². The highest BCUT2D eigenvalue weighted by Crippen LogP contribution is 2.32. The number of pyridine rings is 1. The van der Waals surface area contributed by atoms with Crippen LogP contribution in [0.3, 0.4) is 0 Å². The molecule has 2 aromatic carbocycles. The summed E-state index contributed by atoms with van der Waals surface area (Å²) in [5.41, 5.74) is 4.11. The molecule has 0 aliphatic rings. The minimum atomic E-state index is -0.309. The van der Waals surface area contributed by atoms with Crippen molar-refractivity contribution in [3.8, 4) is 11.3 Å². The van der Waals surface area contributed by atoms with Gasteiger partial charge in [-0.25, -0.2) is 4.98 Å². The lowest BCUT2D eigenvalue weighted by atomic mass is 10.0. The van der Waals surface area contributed by atoms with Crippen LogP contribution < -0.4 is 5.32 Å². The topological polar surface area (TPSA) is 59.8 Å². The number of nitrogens with zero attached hydrogens (tertiary/aromatic N) is 3. The van der Waals surface area contributed by atoms with Crippen LogP contribution in [0.2, 0.25) is 10.0 Å². The van der Waals surface area contributed by atoms with Gasteiger partial charge in [0.25, 0.3) is 5.91 Å². The summed E-state index contributed by atoms with van der Waals surface area (Å²) in [6.45, 7) is 1.96. The lowest BCUT2D eigenvalue weighted by Gasteiger charge is -2.12. The summed E-state index contributed by atoms with van der Waals surface area (Å²) < 4.78 is 1.77. The smallest absolute Gasteiger partial charge is 0.256 e. The summed E-state index contributed by atoms with van der Waals surface area (Å²) in [4.78, 5) is 17.8. The average Bonchev–Trinajstić information content (AvgIpc) is 3.02. The maximum Gasteiger partial charge on any atom is 0.256 e. The van der Waals surface area contributed by atoms with E-state index in [9.17, 15) is 4.79 Å². The molecule has 0 radical (unpaired) electrons. The monoisotopic (exact) mass is 410 g/mol. The SMILES string of the molecule is Cc1c(-c2cc(C(=O)Nc3c(Cl)cccc3Cl)c3ccccc3n2)cnn1C. The molecule has 0 bridgehead atoms. The Morgan fingerprint density at radius 3 is 2.46 bits per heavy atom. The average molecular weight is 411 g/mol. The molecule has 2 aromatic heterocycles. The van der Waals surface area contributed by atoms with Crippen molar-refractivity contribution >= 4 is 45.7 Å². The van der Waals surface area contributed by atoms with E-state index < -0.39 is 0 Å². The number of halogens is 2. The van der Waals surface area contributed by atoms with Gasteiger partial charge in [0, 0.05) is 23.7 Å². The molecule has 140 valence electrons. The fourth-order valence-corrected chi connectivity index (χ4v) is 3.54. The maximum absolute atomic E-state index is 13.1. The second-order valence-corrected chi connectivity index (χ2v) is 7.20. The van der Waals surface area contributed by atoms with Gasteiger partial charge in [-0.15, -0.1) is 0 Å². The summed E-state index contributed by atoms with van der Waals surface area (Å²) in [6, 6.07) is 14.4. The first kappa shape index (κ1) is 18.5. The van der Waals surface area contributed by atoms with Gasteiger partial charge in [-0.2, -0.15) is 5.10 Å². The number of amides is 1. The van der Waals surface area contributed by atoms with Gasteiger partial charge in [0.05, 0.1) is 38.7 Å². The van der Waals surface area contributed by atoms with Crippen LogP contribution in [0.5, 0.6) is 0 Å². The molecule has 0 fully saturated rings. The third-order valence-electron chi connectivity index (χ3n) is 4.67. The lowest BCUT2D eigenvalue weighted by Crippen LogP contribution is -2.14. The Bertz CT molecular complexity index is 1200. The number of aromatic nitrogens is 3. The van der Waals surface area contributed by atoms with Crippen LogP contribution in [-0.4, -0.2) is 20.7 Å². The lowest BCUT2D eigenvalue weighted by molar-refractivity contribution is 0.102. The van der Waals surface area contributed by atoms with Crippen LogP contribution in [0.15, 0.2) is 54.7 Å². The van der Waals surface area contributed by atoms with Crippen molar-refractivity contribution in [1.82, 2.24) is 14.8 Å². The number of carbonyl (C=O) groups is 1. The number of para-hydroxylation sites is 2. The van der Waals surface area contributed by atoms with Crippen LogP contribution in [0.1, 0.15) is 16.1 Å². The minimum Gasteiger partial charge on any atom is -0.319 e. The van der Waals surface area contributed by atoms with Gasteiger partial charge in [-0.1, -0.05) is 47.5 Å². The highest BCUT2D eigenvalue weighted by Gasteiger charge is 2.18. The molecule has 0 unspecified atom stereocenters. The minimum absolute atomic E-state index is 0.309. The zero-order valence-electron chi connectivity index (χ0n) is 15.2. The molecule has 7 heteroatoms. The molecule has 0 aliphatic heterocycles. The Morgan fingerprint density at radius 1 is 1.07 bits per heavy atom. The number of carbonyl (C=O) groups excluding carboxylic acids is 1. The number of benzene rings is 2. The molecule has 0 saturated carbocycles. The predicted octanol–water partition coefficient (Wildman–Crippen LogP) is 5.50. The van der Waals surface area contributed by atoms with Crippen molar-refractivity contribution in [2.75, 3.05) is 5.32 Å². The summed E-state index contributed by atoms with van der Waals surface area (Å²) in [6.07, 6.45) is 1.75. The number of rotatable bonds is 3. The van der Waals surface area contributed by atoms with Gasteiger partial charge >= 0.3 is 0 Å². The van der Waals surface area contributed by atoms with E-state index in [-0.39, 0.29) is 5.91 Å². The summed E-state index contributed by atoms with van der Waals surface area (Å²) in [5, 5.41) is 8.61. The molecule has 5 nitrogen and oxygen atoms in total. The van der Waals surface area contributed by atoms with Crippen molar-refractivity contribution in [2.24, 2.45) is 7.05 Å². The Hall–Kier alpha value is -2.89. The zero-order chi connectivity index (χ0) is 19.8. The van der Waals surface area contributed by atoms with Crippen LogP contribution in [0, 0.1) is 6.92 Å². The van der Waals surface area contributed by atoms with E-state index in [4.69, 9.17) is 28.2 Å². The second-order valence-electron chi connectivity index (χ2n) is 6.39. The molecule has 0 aliphatic carbocycles. The highest BCUT2D eigenvalue weighted by atomic mass is 35.5. The van der Waals surface area contributed by atoms with Gasteiger partial charge in [0.2, 0.25) is 0 Å². The molecule has 28 heavy (non-hydrogen) atoms. The molecule has 1 amide bonds. The fraction of sp³-hybridized carbons (Fsp3) is 0.0952. The van der Waals surface area contributed by atoms with Crippen molar-refractivity contribution in [2.45, 2.75) is 6.92 Å². The number of fused-ring (bicyclic) bond motifs is 1. The quantitative estimate of drug-likeness (QED) is 0.484. The Labute approximate surface area is 171 Å². The Balaban J connectivity index is 1.86. The predicted molar refractivity (Wildman–Crippen MR) is 113 cm³/mol. The molecule has 0 spiro atoms. The van der Waals surface area contributed by atoms with Crippen molar-refractivity contribution in [3.63, 3.8) is 0 Å². The van der Waals surface area contributed by atoms with E-state index in [2.05, 4.69) is 10.4 Å². The largest absolute Gasteiger partial charge is 0.319 e. The highest BCUT2D eigenvalue weighted by molar-refractivity contribution is 6.40. The Morgan fingerprint density at radius 2 is 1.79 bits per heavy atom. The van der Waals surface area contributed by atoms with Gasteiger partial charge in [-0.3, -0.25) is 9.48 Å². The van der Waals surface area contributed by atoms with Crippen LogP contribution in [0.4, 0.5) is 5.69 Å². The maximum atomic E-state index is 13.1. The molecule has 2 heterocycles. The van der Waals surface area contributed by atoms with Crippen molar-refractivity contribution < 1.29 is 4.79 Å². The van der Waals surface area contributed by atoms with E-state index in [0.717, 1.165) is 22.2 Å². The number of hydrogen-bond acceptors (Lipinski definition) is 3. The number of aryl methyl sites for hydroxylation is 1. The first-order chi connectivity index (χ1) is 13.5. The van der Waals surface area contributed by atoms with Gasteiger partial charge in [0.1, 0.15) is 0 Å². The first-order valence-electron chi connectivity index (χ1n) is 8.60.